The summed E-state index contributed by atoms with van der Waals surface area (Å²) < 4.78 is 14.4. The summed E-state index contributed by atoms with van der Waals surface area (Å²) in [6, 6.07) is 2.93. The number of hydrogen-bond donors (Lipinski definition) is 2. The Bertz CT molecular complexity index is 648. The predicted octanol–water partition coefficient (Wildman–Crippen LogP) is 2.52. The lowest BCUT2D eigenvalue weighted by Crippen LogP contribution is -2.16. The van der Waals surface area contributed by atoms with Gasteiger partial charge < -0.3 is 11.1 Å². The zero-order valence-corrected chi connectivity index (χ0v) is 11.5. The number of nitrogens with two attached hydrogens (primary N) is 1. The molecule has 5 nitrogen and oxygen atoms in total. The molecule has 2 rings (SSSR count). The summed E-state index contributed by atoms with van der Waals surface area (Å²) in [5.41, 5.74) is 6.04. The molecule has 2 heterocycles. The van der Waals surface area contributed by atoms with Crippen molar-refractivity contribution in [1.29, 1.82) is 0 Å². The third kappa shape index (κ3) is 2.87. The summed E-state index contributed by atoms with van der Waals surface area (Å²) in [7, 11) is 0. The second-order valence-electron chi connectivity index (χ2n) is 3.83. The van der Waals surface area contributed by atoms with Gasteiger partial charge in [-0.05, 0) is 40.5 Å². The van der Waals surface area contributed by atoms with Crippen LogP contribution in [0.4, 0.5) is 16.0 Å². The van der Waals surface area contributed by atoms with E-state index < -0.39 is 11.7 Å². The van der Waals surface area contributed by atoms with Crippen molar-refractivity contribution in [2.24, 2.45) is 0 Å². The lowest BCUT2D eigenvalue weighted by molar-refractivity contribution is 0.102. The molecule has 98 valence electrons. The first-order chi connectivity index (χ1) is 8.99. The van der Waals surface area contributed by atoms with E-state index in [1.54, 1.807) is 12.3 Å². The number of halogens is 2. The second kappa shape index (κ2) is 5.31. The van der Waals surface area contributed by atoms with Crippen molar-refractivity contribution in [2.45, 2.75) is 6.92 Å². The maximum absolute atomic E-state index is 13.6. The fourth-order valence-corrected chi connectivity index (χ4v) is 1.64. The van der Waals surface area contributed by atoms with Gasteiger partial charge in [-0.2, -0.15) is 0 Å². The Morgan fingerprint density at radius 1 is 1.47 bits per heavy atom. The Labute approximate surface area is 117 Å². The van der Waals surface area contributed by atoms with Crippen molar-refractivity contribution in [3.8, 4) is 0 Å². The van der Waals surface area contributed by atoms with Gasteiger partial charge in [0.2, 0.25) is 0 Å². The van der Waals surface area contributed by atoms with Crippen LogP contribution in [0.15, 0.2) is 29.0 Å². The summed E-state index contributed by atoms with van der Waals surface area (Å²) in [6.07, 6.45) is 2.83. The lowest BCUT2D eigenvalue weighted by Gasteiger charge is -2.07. The van der Waals surface area contributed by atoms with Crippen LogP contribution in [0.1, 0.15) is 15.9 Å². The van der Waals surface area contributed by atoms with E-state index in [-0.39, 0.29) is 11.4 Å². The summed E-state index contributed by atoms with van der Waals surface area (Å²) in [5, 5.41) is 2.50. The van der Waals surface area contributed by atoms with E-state index in [2.05, 4.69) is 31.2 Å². The third-order valence-electron chi connectivity index (χ3n) is 2.45. The summed E-state index contributed by atoms with van der Waals surface area (Å²) in [6.45, 7) is 1.85. The molecule has 0 aromatic carbocycles. The van der Waals surface area contributed by atoms with Crippen molar-refractivity contribution >= 4 is 33.5 Å². The summed E-state index contributed by atoms with van der Waals surface area (Å²) in [4.78, 5) is 19.5. The Morgan fingerprint density at radius 3 is 2.89 bits per heavy atom. The van der Waals surface area contributed by atoms with Gasteiger partial charge >= 0.3 is 0 Å². The Hall–Kier alpha value is -2.02. The maximum atomic E-state index is 13.6. The first-order valence-electron chi connectivity index (χ1n) is 5.32. The van der Waals surface area contributed by atoms with Crippen molar-refractivity contribution < 1.29 is 9.18 Å². The molecule has 2 aromatic heterocycles. The molecule has 0 bridgehead atoms. The van der Waals surface area contributed by atoms with Gasteiger partial charge in [-0.15, -0.1) is 0 Å². The number of hydrogen-bond acceptors (Lipinski definition) is 4. The number of aromatic nitrogens is 2. The number of rotatable bonds is 2. The van der Waals surface area contributed by atoms with Gasteiger partial charge in [0.1, 0.15) is 5.82 Å². The van der Waals surface area contributed by atoms with E-state index in [4.69, 9.17) is 5.73 Å². The largest absolute Gasteiger partial charge is 0.381 e. The molecular formula is C12H10BrFN4O. The number of carbonyl (C=O) groups excluding carboxylic acids is 1. The molecule has 3 N–H and O–H groups in total. The van der Waals surface area contributed by atoms with Gasteiger partial charge in [0, 0.05) is 16.9 Å². The molecule has 0 aliphatic heterocycles. The van der Waals surface area contributed by atoms with E-state index in [0.717, 1.165) is 10.0 Å². The van der Waals surface area contributed by atoms with Crippen molar-refractivity contribution in [2.75, 3.05) is 11.1 Å². The highest BCUT2D eigenvalue weighted by Crippen LogP contribution is 2.18. The van der Waals surface area contributed by atoms with Crippen LogP contribution in [-0.2, 0) is 0 Å². The van der Waals surface area contributed by atoms with Crippen LogP contribution >= 0.6 is 15.9 Å². The fourth-order valence-electron chi connectivity index (χ4n) is 1.43. The highest BCUT2D eigenvalue weighted by molar-refractivity contribution is 9.10. The first-order valence-corrected chi connectivity index (χ1v) is 6.12. The van der Waals surface area contributed by atoms with Gasteiger partial charge in [0.05, 0.1) is 5.56 Å². The molecule has 0 saturated carbocycles. The van der Waals surface area contributed by atoms with Crippen LogP contribution in [0, 0.1) is 12.7 Å². The third-order valence-corrected chi connectivity index (χ3v) is 3.28. The molecule has 19 heavy (non-hydrogen) atoms. The molecule has 2 aromatic rings. The van der Waals surface area contributed by atoms with Gasteiger partial charge in [-0.25, -0.2) is 14.4 Å². The molecule has 0 aliphatic carbocycles. The first kappa shape index (κ1) is 13.4. The molecule has 0 radical (unpaired) electrons. The highest BCUT2D eigenvalue weighted by atomic mass is 79.9. The minimum atomic E-state index is -0.839. The number of pyridine rings is 2. The molecule has 0 aliphatic rings. The Kier molecular flexibility index (Phi) is 3.75. The average molecular weight is 325 g/mol. The SMILES string of the molecule is Cc1cc(NC(=O)c2ccnc(N)c2F)ncc1Br. The fraction of sp³-hybridized carbons (Fsp3) is 0.0833. The molecule has 0 fully saturated rings. The van der Waals surface area contributed by atoms with Crippen LogP contribution in [0.5, 0.6) is 0 Å². The number of amides is 1. The topological polar surface area (TPSA) is 80.9 Å². The number of nitrogens with zero attached hydrogens (tertiary/aromatic N) is 2. The molecule has 0 saturated heterocycles. The predicted molar refractivity (Wildman–Crippen MR) is 73.2 cm³/mol. The van der Waals surface area contributed by atoms with E-state index in [0.29, 0.717) is 5.82 Å². The van der Waals surface area contributed by atoms with Crippen molar-refractivity contribution in [1.82, 2.24) is 9.97 Å². The smallest absolute Gasteiger partial charge is 0.259 e. The summed E-state index contributed by atoms with van der Waals surface area (Å²) in [5.74, 6) is -1.44. The van der Waals surface area contributed by atoms with Gasteiger partial charge in [0.15, 0.2) is 11.6 Å². The van der Waals surface area contributed by atoms with E-state index in [1.807, 2.05) is 6.92 Å². The van der Waals surface area contributed by atoms with E-state index in [9.17, 15) is 9.18 Å². The Balaban J connectivity index is 2.26. The number of carbonyl (C=O) groups is 1. The number of nitrogens with one attached hydrogen (secondary N) is 1. The maximum Gasteiger partial charge on any atom is 0.259 e. The quantitative estimate of drug-likeness (QED) is 0.889. The molecule has 1 amide bonds. The Morgan fingerprint density at radius 2 is 2.21 bits per heavy atom. The van der Waals surface area contributed by atoms with Gasteiger partial charge in [-0.3, -0.25) is 4.79 Å². The minimum absolute atomic E-state index is 0.171. The zero-order valence-electron chi connectivity index (χ0n) is 9.95. The van der Waals surface area contributed by atoms with Crippen LogP contribution < -0.4 is 11.1 Å². The summed E-state index contributed by atoms with van der Waals surface area (Å²) >= 11 is 3.30. The van der Waals surface area contributed by atoms with E-state index >= 15 is 0 Å². The second-order valence-corrected chi connectivity index (χ2v) is 4.68. The molecule has 0 spiro atoms. The monoisotopic (exact) mass is 324 g/mol. The molecule has 0 atom stereocenters. The number of aryl methyl sites for hydroxylation is 1. The number of anilines is 2. The van der Waals surface area contributed by atoms with Gasteiger partial charge in [-0.1, -0.05) is 0 Å². The minimum Gasteiger partial charge on any atom is -0.381 e. The van der Waals surface area contributed by atoms with Crippen molar-refractivity contribution in [3.05, 3.63) is 45.9 Å². The van der Waals surface area contributed by atoms with Crippen LogP contribution in [-0.4, -0.2) is 15.9 Å². The molecule has 7 heteroatoms. The standard InChI is InChI=1S/C12H10BrFN4O/c1-6-4-9(17-5-8(6)13)18-12(19)7-2-3-16-11(15)10(7)14/h2-5H,1H3,(H2,15,16)(H,17,18,19). The zero-order chi connectivity index (χ0) is 14.0. The van der Waals surface area contributed by atoms with Gasteiger partial charge in [0.25, 0.3) is 5.91 Å². The molecule has 0 unspecified atom stereocenters. The van der Waals surface area contributed by atoms with Crippen LogP contribution in [0.25, 0.3) is 0 Å². The van der Waals surface area contributed by atoms with Crippen LogP contribution in [0.2, 0.25) is 0 Å². The van der Waals surface area contributed by atoms with E-state index in [1.165, 1.54) is 12.3 Å². The average Bonchev–Trinajstić information content (AvgIpc) is 2.37. The number of nitrogen functional groups attached to an aromatic ring is 1. The van der Waals surface area contributed by atoms with Crippen LogP contribution in [0.3, 0.4) is 0 Å². The lowest BCUT2D eigenvalue weighted by atomic mass is 10.2. The van der Waals surface area contributed by atoms with Crippen molar-refractivity contribution in [3.63, 3.8) is 0 Å². The normalized spacial score (nSPS) is 10.3. The highest BCUT2D eigenvalue weighted by Gasteiger charge is 2.15. The molecular weight excluding hydrogens is 315 g/mol.